The lowest BCUT2D eigenvalue weighted by Gasteiger charge is -2.39. The Morgan fingerprint density at radius 3 is 1.82 bits per heavy atom. The largest absolute Gasteiger partial charge is 0.247 e. The summed E-state index contributed by atoms with van der Waals surface area (Å²) in [6.07, 6.45) is 10.3. The van der Waals surface area contributed by atoms with Crippen molar-refractivity contribution < 1.29 is 4.39 Å². The van der Waals surface area contributed by atoms with Crippen LogP contribution in [0.4, 0.5) is 4.39 Å². The van der Waals surface area contributed by atoms with Gasteiger partial charge in [-0.15, -0.1) is 0 Å². The Bertz CT molecular complexity index is 440. The molecule has 0 bridgehead atoms. The van der Waals surface area contributed by atoms with Gasteiger partial charge in [-0.25, -0.2) is 4.39 Å². The molecule has 0 nitrogen and oxygen atoms in total. The van der Waals surface area contributed by atoms with Gasteiger partial charge in [0.25, 0.3) is 0 Å². The molecule has 0 aliphatic heterocycles. The summed E-state index contributed by atoms with van der Waals surface area (Å²) in [5.74, 6) is 1.84. The van der Waals surface area contributed by atoms with Crippen LogP contribution in [0.2, 0.25) is 0 Å². The molecule has 168 valence electrons. The van der Waals surface area contributed by atoms with Crippen LogP contribution in [0.5, 0.6) is 0 Å². The average molecular weight is 397 g/mol. The quantitative estimate of drug-likeness (QED) is 0.272. The van der Waals surface area contributed by atoms with Gasteiger partial charge in [0.05, 0.1) is 0 Å². The molecule has 1 heteroatoms. The third-order valence-electron chi connectivity index (χ3n) is 7.54. The monoisotopic (exact) mass is 396 g/mol. The maximum Gasteiger partial charge on any atom is 0.100 e. The zero-order valence-corrected chi connectivity index (χ0v) is 21.3. The first-order valence-electron chi connectivity index (χ1n) is 12.1. The molecule has 0 aliphatic rings. The van der Waals surface area contributed by atoms with E-state index < -0.39 is 6.17 Å². The minimum atomic E-state index is -0.722. The molecule has 0 amide bonds. The fourth-order valence-electron chi connectivity index (χ4n) is 5.05. The first-order chi connectivity index (χ1) is 12.8. The number of allylic oxidation sites excluding steroid dienone is 2. The molecule has 5 atom stereocenters. The van der Waals surface area contributed by atoms with Gasteiger partial charge in [0, 0.05) is 0 Å². The molecule has 0 aliphatic carbocycles. The van der Waals surface area contributed by atoms with Crippen molar-refractivity contribution in [1.29, 1.82) is 0 Å². The van der Waals surface area contributed by atoms with Gasteiger partial charge in [-0.1, -0.05) is 93.7 Å². The minimum Gasteiger partial charge on any atom is -0.247 e. The second-order valence-electron chi connectivity index (χ2n) is 11.2. The first kappa shape index (κ1) is 27.7. The molecule has 0 aromatic heterocycles. The highest BCUT2D eigenvalue weighted by atomic mass is 19.1. The standard InChI is InChI=1S/C27H53F/c1-12-17-27(14-3,20(4)5)19-24(18-26(9,10)11)15-16-25(13-2)22(7)21(6)23(8)28/h15,20-23,25H,12-14,16-19H2,1-11H3/b24-15-. The van der Waals surface area contributed by atoms with Gasteiger partial charge in [-0.05, 0) is 73.5 Å². The number of halogens is 1. The van der Waals surface area contributed by atoms with E-state index in [4.69, 9.17) is 0 Å². The van der Waals surface area contributed by atoms with Crippen molar-refractivity contribution in [2.45, 2.75) is 127 Å². The van der Waals surface area contributed by atoms with E-state index in [1.54, 1.807) is 12.5 Å². The van der Waals surface area contributed by atoms with Crippen LogP contribution in [0.25, 0.3) is 0 Å². The maximum absolute atomic E-state index is 13.9. The Morgan fingerprint density at radius 1 is 0.893 bits per heavy atom. The number of rotatable bonds is 13. The predicted molar refractivity (Wildman–Crippen MR) is 127 cm³/mol. The van der Waals surface area contributed by atoms with Crippen LogP contribution in [0.15, 0.2) is 11.6 Å². The summed E-state index contributed by atoms with van der Waals surface area (Å²) in [5, 5.41) is 0. The van der Waals surface area contributed by atoms with Crippen LogP contribution in [0.1, 0.15) is 121 Å². The summed E-state index contributed by atoms with van der Waals surface area (Å²) in [6, 6.07) is 0. The highest BCUT2D eigenvalue weighted by Gasteiger charge is 2.33. The molecular formula is C27H53F. The lowest BCUT2D eigenvalue weighted by molar-refractivity contribution is 0.151. The lowest BCUT2D eigenvalue weighted by atomic mass is 9.66. The summed E-state index contributed by atoms with van der Waals surface area (Å²) in [5.41, 5.74) is 2.37. The van der Waals surface area contributed by atoms with E-state index >= 15 is 0 Å². The molecule has 28 heavy (non-hydrogen) atoms. The van der Waals surface area contributed by atoms with E-state index in [0.29, 0.717) is 28.6 Å². The molecular weight excluding hydrogens is 343 g/mol. The summed E-state index contributed by atoms with van der Waals surface area (Å²) in [7, 11) is 0. The van der Waals surface area contributed by atoms with Gasteiger partial charge in [0.15, 0.2) is 0 Å². The summed E-state index contributed by atoms with van der Waals surface area (Å²) < 4.78 is 13.9. The van der Waals surface area contributed by atoms with E-state index in [1.807, 2.05) is 0 Å². The Balaban J connectivity index is 5.64. The average Bonchev–Trinajstić information content (AvgIpc) is 2.58. The van der Waals surface area contributed by atoms with Crippen LogP contribution >= 0.6 is 0 Å². The molecule has 0 radical (unpaired) electrons. The Kier molecular flexibility index (Phi) is 12.2. The van der Waals surface area contributed by atoms with Crippen molar-refractivity contribution in [3.63, 3.8) is 0 Å². The van der Waals surface area contributed by atoms with E-state index in [9.17, 15) is 4.39 Å². The van der Waals surface area contributed by atoms with E-state index in [2.05, 4.69) is 75.3 Å². The fraction of sp³-hybridized carbons (Fsp3) is 0.926. The third-order valence-corrected chi connectivity index (χ3v) is 7.54. The zero-order valence-electron chi connectivity index (χ0n) is 21.3. The second-order valence-corrected chi connectivity index (χ2v) is 11.2. The van der Waals surface area contributed by atoms with Crippen molar-refractivity contribution in [3.05, 3.63) is 11.6 Å². The first-order valence-corrected chi connectivity index (χ1v) is 12.1. The van der Waals surface area contributed by atoms with Crippen molar-refractivity contribution in [2.75, 3.05) is 0 Å². The van der Waals surface area contributed by atoms with Gasteiger partial charge < -0.3 is 0 Å². The number of hydrogen-bond acceptors (Lipinski definition) is 0. The van der Waals surface area contributed by atoms with E-state index in [1.165, 1.54) is 32.1 Å². The van der Waals surface area contributed by atoms with Crippen molar-refractivity contribution >= 4 is 0 Å². The molecule has 0 aromatic carbocycles. The molecule has 5 unspecified atom stereocenters. The molecule has 0 heterocycles. The van der Waals surface area contributed by atoms with Crippen LogP contribution in [-0.4, -0.2) is 6.17 Å². The van der Waals surface area contributed by atoms with Gasteiger partial charge in [-0.2, -0.15) is 0 Å². The van der Waals surface area contributed by atoms with Gasteiger partial charge in [0.1, 0.15) is 6.17 Å². The molecule has 0 saturated carbocycles. The van der Waals surface area contributed by atoms with Crippen LogP contribution in [0.3, 0.4) is 0 Å². The highest BCUT2D eigenvalue weighted by Crippen LogP contribution is 2.44. The third kappa shape index (κ3) is 9.00. The predicted octanol–water partition coefficient (Wildman–Crippen LogP) is 9.64. The number of alkyl halides is 1. The van der Waals surface area contributed by atoms with E-state index in [-0.39, 0.29) is 5.92 Å². The lowest BCUT2D eigenvalue weighted by Crippen LogP contribution is -2.28. The summed E-state index contributed by atoms with van der Waals surface area (Å²) in [4.78, 5) is 0. The molecule has 0 N–H and O–H groups in total. The van der Waals surface area contributed by atoms with Gasteiger partial charge >= 0.3 is 0 Å². The molecule has 0 aromatic rings. The highest BCUT2D eigenvalue weighted by molar-refractivity contribution is 5.09. The molecule has 0 fully saturated rings. The molecule has 0 spiro atoms. The molecule has 0 saturated heterocycles. The normalized spacial score (nSPS) is 20.0. The maximum atomic E-state index is 13.9. The van der Waals surface area contributed by atoms with Crippen LogP contribution in [0, 0.1) is 34.5 Å². The van der Waals surface area contributed by atoms with Crippen molar-refractivity contribution in [3.8, 4) is 0 Å². The van der Waals surface area contributed by atoms with Crippen LogP contribution in [-0.2, 0) is 0 Å². The van der Waals surface area contributed by atoms with Crippen molar-refractivity contribution in [2.24, 2.45) is 34.5 Å². The topological polar surface area (TPSA) is 0 Å². The van der Waals surface area contributed by atoms with Gasteiger partial charge in [-0.3, -0.25) is 0 Å². The Morgan fingerprint density at radius 2 is 1.46 bits per heavy atom. The number of hydrogen-bond donors (Lipinski definition) is 0. The van der Waals surface area contributed by atoms with Crippen LogP contribution < -0.4 is 0 Å². The van der Waals surface area contributed by atoms with Crippen molar-refractivity contribution in [1.82, 2.24) is 0 Å². The zero-order chi connectivity index (χ0) is 22.1. The summed E-state index contributed by atoms with van der Waals surface area (Å²) >= 11 is 0. The fourth-order valence-corrected chi connectivity index (χ4v) is 5.05. The SMILES string of the molecule is CCCC(CC)(C/C(=C\CC(CC)C(C)C(C)C(C)F)CC(C)(C)C)C(C)C. The summed E-state index contributed by atoms with van der Waals surface area (Å²) in [6.45, 7) is 24.9. The van der Waals surface area contributed by atoms with E-state index in [0.717, 1.165) is 12.8 Å². The smallest absolute Gasteiger partial charge is 0.100 e. The minimum absolute atomic E-state index is 0.134. The van der Waals surface area contributed by atoms with Gasteiger partial charge in [0.2, 0.25) is 0 Å². The molecule has 0 rings (SSSR count). The second kappa shape index (κ2) is 12.4. The Labute approximate surface area is 178 Å². The Hall–Kier alpha value is -0.330.